The first-order chi connectivity index (χ1) is 15.9. The second-order valence-electron chi connectivity index (χ2n) is 8.09. The number of H-pyrrole nitrogens is 1. The van der Waals surface area contributed by atoms with Gasteiger partial charge in [0.1, 0.15) is 24.2 Å². The van der Waals surface area contributed by atoms with E-state index in [9.17, 15) is 20.0 Å². The predicted molar refractivity (Wildman–Crippen MR) is 116 cm³/mol. The van der Waals surface area contributed by atoms with Gasteiger partial charge in [0.25, 0.3) is 0 Å². The van der Waals surface area contributed by atoms with Crippen LogP contribution >= 0.6 is 0 Å². The minimum atomic E-state index is -1.10. The van der Waals surface area contributed by atoms with Crippen LogP contribution in [0.5, 0.6) is 5.75 Å². The van der Waals surface area contributed by atoms with E-state index in [2.05, 4.69) is 10.1 Å². The molecule has 4 aromatic rings. The molecule has 0 bridgehead atoms. The van der Waals surface area contributed by atoms with Crippen LogP contribution in [0.1, 0.15) is 28.4 Å². The van der Waals surface area contributed by atoms with Crippen LogP contribution in [0.3, 0.4) is 0 Å². The molecule has 2 aromatic carbocycles. The number of quaternary nitrogens is 1. The van der Waals surface area contributed by atoms with Crippen molar-refractivity contribution in [3.63, 3.8) is 0 Å². The molecule has 2 atom stereocenters. The number of aliphatic carboxylic acids is 1. The minimum Gasteiger partial charge on any atom is -0.544 e. The Kier molecular flexibility index (Phi) is 5.06. The number of aromatic amines is 1. The van der Waals surface area contributed by atoms with Crippen molar-refractivity contribution >= 4 is 22.6 Å². The van der Waals surface area contributed by atoms with Crippen LogP contribution in [0.4, 0.5) is 5.69 Å². The van der Waals surface area contributed by atoms with Gasteiger partial charge in [0.2, 0.25) is 0 Å². The van der Waals surface area contributed by atoms with Gasteiger partial charge in [-0.15, -0.1) is 0 Å². The Bertz CT molecular complexity index is 1370. The summed E-state index contributed by atoms with van der Waals surface area (Å²) >= 11 is 0. The van der Waals surface area contributed by atoms with Gasteiger partial charge in [-0.05, 0) is 29.8 Å². The molecular weight excluding hydrogens is 426 g/mol. The monoisotopic (exact) mass is 447 g/mol. The van der Waals surface area contributed by atoms with E-state index in [4.69, 9.17) is 4.74 Å². The van der Waals surface area contributed by atoms with Gasteiger partial charge in [-0.3, -0.25) is 14.8 Å². The fourth-order valence-electron chi connectivity index (χ4n) is 4.59. The van der Waals surface area contributed by atoms with E-state index in [0.29, 0.717) is 12.2 Å². The molecule has 168 valence electrons. The molecule has 2 aromatic heterocycles. The Hall–Kier alpha value is -4.18. The smallest absolute Gasteiger partial charge is 0.307 e. The summed E-state index contributed by atoms with van der Waals surface area (Å²) in [4.78, 5) is 25.8. The fraction of sp³-hybridized carbons (Fsp3) is 0.217. The zero-order valence-corrected chi connectivity index (χ0v) is 17.7. The number of nitro groups is 1. The molecule has 3 N–H and O–H groups in total. The van der Waals surface area contributed by atoms with Crippen molar-refractivity contribution in [1.82, 2.24) is 14.8 Å². The van der Waals surface area contributed by atoms with E-state index < -0.39 is 16.9 Å². The van der Waals surface area contributed by atoms with Gasteiger partial charge in [0.05, 0.1) is 30.2 Å². The number of hydrogen-bond acceptors (Lipinski definition) is 6. The molecule has 33 heavy (non-hydrogen) atoms. The largest absolute Gasteiger partial charge is 0.544 e. The molecule has 0 amide bonds. The second kappa shape index (κ2) is 8.06. The molecule has 0 saturated heterocycles. The zero-order valence-electron chi connectivity index (χ0n) is 17.7. The van der Waals surface area contributed by atoms with E-state index in [1.54, 1.807) is 12.4 Å². The van der Waals surface area contributed by atoms with Crippen molar-refractivity contribution in [2.24, 2.45) is 0 Å². The molecule has 0 aliphatic carbocycles. The number of benzene rings is 2. The summed E-state index contributed by atoms with van der Waals surface area (Å²) in [5.41, 5.74) is 4.45. The average Bonchev–Trinajstić information content (AvgIpc) is 3.43. The van der Waals surface area contributed by atoms with Crippen LogP contribution in [0.2, 0.25) is 0 Å². The number of para-hydroxylation sites is 1. The van der Waals surface area contributed by atoms with Crippen LogP contribution in [0.15, 0.2) is 54.9 Å². The Morgan fingerprint density at radius 2 is 2.15 bits per heavy atom. The van der Waals surface area contributed by atoms with E-state index in [1.165, 1.54) is 17.1 Å². The average molecular weight is 447 g/mol. The minimum absolute atomic E-state index is 0.0924. The highest BCUT2D eigenvalue weighted by atomic mass is 16.6. The lowest BCUT2D eigenvalue weighted by Gasteiger charge is -2.29. The number of aromatic nitrogens is 3. The number of nitrogens with two attached hydrogens (primary N) is 1. The fourth-order valence-corrected chi connectivity index (χ4v) is 4.59. The summed E-state index contributed by atoms with van der Waals surface area (Å²) in [6.45, 7) is 0.265. The third-order valence-electron chi connectivity index (χ3n) is 6.14. The van der Waals surface area contributed by atoms with Gasteiger partial charge in [-0.2, -0.15) is 5.10 Å². The maximum absolute atomic E-state index is 11.8. The van der Waals surface area contributed by atoms with Crippen LogP contribution in [0.25, 0.3) is 10.9 Å². The Balaban J connectivity index is 1.57. The van der Waals surface area contributed by atoms with E-state index >= 15 is 0 Å². The highest BCUT2D eigenvalue weighted by Crippen LogP contribution is 2.33. The van der Waals surface area contributed by atoms with E-state index in [-0.39, 0.29) is 18.3 Å². The molecule has 10 nitrogen and oxygen atoms in total. The van der Waals surface area contributed by atoms with E-state index in [1.807, 2.05) is 42.5 Å². The highest BCUT2D eigenvalue weighted by molar-refractivity contribution is 5.86. The van der Waals surface area contributed by atoms with Gasteiger partial charge in [0.15, 0.2) is 6.04 Å². The van der Waals surface area contributed by atoms with Crippen LogP contribution < -0.4 is 15.2 Å². The number of methoxy groups -OCH3 is 1. The number of nitrogens with one attached hydrogen (secondary N) is 1. The molecule has 1 aliphatic rings. The number of rotatable bonds is 6. The predicted octanol–water partition coefficient (Wildman–Crippen LogP) is 0.657. The summed E-state index contributed by atoms with van der Waals surface area (Å²) in [7, 11) is 1.55. The summed E-state index contributed by atoms with van der Waals surface area (Å²) < 4.78 is 6.97. The molecule has 0 spiro atoms. The van der Waals surface area contributed by atoms with Gasteiger partial charge < -0.3 is 24.9 Å². The maximum Gasteiger partial charge on any atom is 0.307 e. The second-order valence-corrected chi connectivity index (χ2v) is 8.09. The highest BCUT2D eigenvalue weighted by Gasteiger charge is 2.35. The van der Waals surface area contributed by atoms with E-state index in [0.717, 1.165) is 33.3 Å². The summed E-state index contributed by atoms with van der Waals surface area (Å²) in [5.74, 6) is -0.491. The van der Waals surface area contributed by atoms with Crippen LogP contribution in [0, 0.1) is 10.1 Å². The molecular formula is C23H21N5O5. The lowest BCUT2D eigenvalue weighted by molar-refractivity contribution is -0.717. The Morgan fingerprint density at radius 1 is 1.33 bits per heavy atom. The van der Waals surface area contributed by atoms with Crippen LogP contribution in [-0.2, 0) is 17.8 Å². The first kappa shape index (κ1) is 20.7. The molecule has 10 heteroatoms. The normalized spacial score (nSPS) is 17.6. The van der Waals surface area contributed by atoms with Crippen molar-refractivity contribution in [3.05, 3.63) is 87.4 Å². The molecule has 1 aliphatic heterocycles. The number of nitrogens with zero attached hydrogens (tertiary/aromatic N) is 3. The summed E-state index contributed by atoms with van der Waals surface area (Å²) in [6, 6.07) is 12.5. The first-order valence-corrected chi connectivity index (χ1v) is 10.4. The van der Waals surface area contributed by atoms with Crippen molar-refractivity contribution < 1.29 is 24.9 Å². The number of carbonyl (C=O) groups excluding carboxylic acids is 1. The number of carboxylic acid groups (broad SMARTS) is 1. The molecule has 0 fully saturated rings. The number of carboxylic acids is 1. The van der Waals surface area contributed by atoms with Crippen molar-refractivity contribution in [2.75, 3.05) is 7.11 Å². The molecule has 3 heterocycles. The quantitative estimate of drug-likeness (QED) is 0.328. The van der Waals surface area contributed by atoms with Crippen molar-refractivity contribution in [3.8, 4) is 5.75 Å². The third kappa shape index (κ3) is 3.70. The molecule has 0 saturated carbocycles. The Labute approximate surface area is 187 Å². The Morgan fingerprint density at radius 3 is 2.88 bits per heavy atom. The zero-order chi connectivity index (χ0) is 23.1. The SMILES string of the molecule is COc1ccc([C@H]2[NH2+][C@H](C(=O)[O-])Cc3c2[nH]c2ccccc32)cc1Cn1cc([N+](=O)[O-])cn1. The molecule has 0 radical (unpaired) electrons. The molecule has 5 rings (SSSR count). The number of hydrogen-bond donors (Lipinski definition) is 2. The standard InChI is InChI=1S/C23H21N5O5/c1-33-20-7-6-13(8-14(20)11-27-12-15(10-24-27)28(31)32)21-22-17(9-19(26-21)23(29)30)16-4-2-3-5-18(16)25-22/h2-8,10,12,19,21,25-26H,9,11H2,1H3,(H,29,30)/t19-,21+/m0/s1. The van der Waals surface area contributed by atoms with Gasteiger partial charge in [0, 0.05) is 28.5 Å². The van der Waals surface area contributed by atoms with Gasteiger partial charge in [-0.25, -0.2) is 0 Å². The van der Waals surface area contributed by atoms with Crippen molar-refractivity contribution in [2.45, 2.75) is 25.0 Å². The first-order valence-electron chi connectivity index (χ1n) is 10.4. The summed E-state index contributed by atoms with van der Waals surface area (Å²) in [5, 5.41) is 29.7. The van der Waals surface area contributed by atoms with Gasteiger partial charge in [-0.1, -0.05) is 18.2 Å². The maximum atomic E-state index is 11.8. The lowest BCUT2D eigenvalue weighted by atomic mass is 9.89. The topological polar surface area (TPSA) is 143 Å². The number of fused-ring (bicyclic) bond motifs is 3. The third-order valence-corrected chi connectivity index (χ3v) is 6.14. The number of carbonyl (C=O) groups is 1. The summed E-state index contributed by atoms with van der Waals surface area (Å²) in [6.07, 6.45) is 2.94. The van der Waals surface area contributed by atoms with Crippen LogP contribution in [-0.4, -0.2) is 38.8 Å². The lowest BCUT2D eigenvalue weighted by Crippen LogP contribution is -2.95. The van der Waals surface area contributed by atoms with Gasteiger partial charge >= 0.3 is 5.69 Å². The van der Waals surface area contributed by atoms with Crippen molar-refractivity contribution in [1.29, 1.82) is 0 Å². The molecule has 0 unspecified atom stereocenters. The number of ether oxygens (including phenoxy) is 1.